The van der Waals surface area contributed by atoms with Crippen molar-refractivity contribution in [3.8, 4) is 0 Å². The minimum Gasteiger partial charge on any atom is -0.460 e. The third-order valence-electron chi connectivity index (χ3n) is 1.49. The Morgan fingerprint density at radius 3 is 2.71 bits per heavy atom. The summed E-state index contributed by atoms with van der Waals surface area (Å²) in [6.45, 7) is 5.57. The molecule has 0 aliphatic rings. The van der Waals surface area contributed by atoms with Crippen molar-refractivity contribution in [1.82, 2.24) is 4.98 Å². The summed E-state index contributed by atoms with van der Waals surface area (Å²) in [5.74, 6) is -0.217. The number of hydrogen-bond donors (Lipinski definition) is 0. The van der Waals surface area contributed by atoms with Crippen LogP contribution < -0.4 is 0 Å². The van der Waals surface area contributed by atoms with E-state index in [-0.39, 0.29) is 12.4 Å². The highest BCUT2D eigenvalue weighted by Gasteiger charge is 2.16. The second-order valence-corrected chi connectivity index (χ2v) is 4.12. The Hall–Kier alpha value is -1.38. The van der Waals surface area contributed by atoms with Gasteiger partial charge in [-0.1, -0.05) is 6.07 Å². The van der Waals surface area contributed by atoms with E-state index in [0.717, 1.165) is 5.56 Å². The summed E-state index contributed by atoms with van der Waals surface area (Å²) in [6, 6.07) is 3.66. The van der Waals surface area contributed by atoms with Gasteiger partial charge in [0, 0.05) is 12.4 Å². The lowest BCUT2D eigenvalue weighted by atomic mass is 10.2. The first-order valence-electron chi connectivity index (χ1n) is 4.58. The van der Waals surface area contributed by atoms with Crippen LogP contribution in [-0.4, -0.2) is 16.6 Å². The maximum atomic E-state index is 11.4. The van der Waals surface area contributed by atoms with Crippen LogP contribution in [0.1, 0.15) is 26.3 Å². The normalized spacial score (nSPS) is 11.1. The molecule has 1 aromatic heterocycles. The van der Waals surface area contributed by atoms with E-state index in [1.165, 1.54) is 0 Å². The van der Waals surface area contributed by atoms with Crippen LogP contribution in [0.3, 0.4) is 0 Å². The van der Waals surface area contributed by atoms with Crippen molar-refractivity contribution in [3.05, 3.63) is 30.1 Å². The first kappa shape index (κ1) is 10.7. The predicted molar refractivity (Wildman–Crippen MR) is 53.8 cm³/mol. The second kappa shape index (κ2) is 4.22. The van der Waals surface area contributed by atoms with Crippen LogP contribution in [0.25, 0.3) is 0 Å². The molecule has 0 spiro atoms. The number of aromatic nitrogens is 1. The van der Waals surface area contributed by atoms with E-state index < -0.39 is 5.60 Å². The summed E-state index contributed by atoms with van der Waals surface area (Å²) in [6.07, 6.45) is 3.63. The van der Waals surface area contributed by atoms with E-state index >= 15 is 0 Å². The van der Waals surface area contributed by atoms with Gasteiger partial charge < -0.3 is 4.74 Å². The average Bonchev–Trinajstić information content (AvgIpc) is 2.02. The van der Waals surface area contributed by atoms with Gasteiger partial charge >= 0.3 is 5.97 Å². The van der Waals surface area contributed by atoms with Crippen LogP contribution in [0.5, 0.6) is 0 Å². The molecule has 1 aromatic rings. The van der Waals surface area contributed by atoms with E-state index in [0.29, 0.717) is 0 Å². The Balaban J connectivity index is 2.50. The fourth-order valence-electron chi connectivity index (χ4n) is 1.05. The highest BCUT2D eigenvalue weighted by molar-refractivity contribution is 5.72. The first-order valence-corrected chi connectivity index (χ1v) is 4.58. The molecule has 3 heteroatoms. The third-order valence-corrected chi connectivity index (χ3v) is 1.49. The van der Waals surface area contributed by atoms with Crippen molar-refractivity contribution in [1.29, 1.82) is 0 Å². The van der Waals surface area contributed by atoms with E-state index in [1.807, 2.05) is 26.8 Å². The van der Waals surface area contributed by atoms with Gasteiger partial charge in [0.2, 0.25) is 0 Å². The highest BCUT2D eigenvalue weighted by Crippen LogP contribution is 2.09. The van der Waals surface area contributed by atoms with Crippen molar-refractivity contribution >= 4 is 5.97 Å². The molecule has 76 valence electrons. The van der Waals surface area contributed by atoms with Gasteiger partial charge in [0.1, 0.15) is 5.60 Å². The summed E-state index contributed by atoms with van der Waals surface area (Å²) >= 11 is 0. The number of esters is 1. The predicted octanol–water partition coefficient (Wildman–Crippen LogP) is 1.97. The molecule has 0 saturated carbocycles. The van der Waals surface area contributed by atoms with Gasteiger partial charge in [0.15, 0.2) is 0 Å². The molecular formula is C11H15NO2. The van der Waals surface area contributed by atoms with Gasteiger partial charge in [0.25, 0.3) is 0 Å². The van der Waals surface area contributed by atoms with Crippen LogP contribution in [0.2, 0.25) is 0 Å². The number of pyridine rings is 1. The van der Waals surface area contributed by atoms with E-state index in [1.54, 1.807) is 18.5 Å². The summed E-state index contributed by atoms with van der Waals surface area (Å²) in [7, 11) is 0. The number of carbonyl (C=O) groups excluding carboxylic acids is 1. The lowest BCUT2D eigenvalue weighted by molar-refractivity contribution is -0.153. The topological polar surface area (TPSA) is 39.2 Å². The fraction of sp³-hybridized carbons (Fsp3) is 0.455. The number of carbonyl (C=O) groups is 1. The zero-order valence-electron chi connectivity index (χ0n) is 8.78. The average molecular weight is 193 g/mol. The molecule has 0 radical (unpaired) electrons. The Morgan fingerprint density at radius 2 is 2.21 bits per heavy atom. The number of nitrogens with zero attached hydrogens (tertiary/aromatic N) is 1. The van der Waals surface area contributed by atoms with Crippen LogP contribution in [-0.2, 0) is 16.0 Å². The quantitative estimate of drug-likeness (QED) is 0.674. The molecule has 0 aliphatic heterocycles. The minimum atomic E-state index is -0.417. The third kappa shape index (κ3) is 4.03. The molecule has 0 aromatic carbocycles. The maximum Gasteiger partial charge on any atom is 0.310 e. The molecule has 0 bridgehead atoms. The summed E-state index contributed by atoms with van der Waals surface area (Å²) in [5.41, 5.74) is 0.459. The molecule has 0 saturated heterocycles. The van der Waals surface area contributed by atoms with Crippen LogP contribution in [0.4, 0.5) is 0 Å². The largest absolute Gasteiger partial charge is 0.460 e. The molecule has 14 heavy (non-hydrogen) atoms. The fourth-order valence-corrected chi connectivity index (χ4v) is 1.05. The van der Waals surface area contributed by atoms with Gasteiger partial charge in [-0.05, 0) is 32.4 Å². The van der Waals surface area contributed by atoms with Crippen LogP contribution in [0, 0.1) is 0 Å². The molecule has 3 nitrogen and oxygen atoms in total. The van der Waals surface area contributed by atoms with E-state index in [2.05, 4.69) is 4.98 Å². The SMILES string of the molecule is CC(C)(C)OC(=O)Cc1cccnc1. The standard InChI is InChI=1S/C11H15NO2/c1-11(2,3)14-10(13)7-9-5-4-6-12-8-9/h4-6,8H,7H2,1-3H3. The van der Waals surface area contributed by atoms with Gasteiger partial charge in [0.05, 0.1) is 6.42 Å². The zero-order valence-corrected chi connectivity index (χ0v) is 8.78. The molecule has 0 fully saturated rings. The van der Waals surface area contributed by atoms with E-state index in [4.69, 9.17) is 4.74 Å². The van der Waals surface area contributed by atoms with E-state index in [9.17, 15) is 4.79 Å². The van der Waals surface area contributed by atoms with Crippen LogP contribution >= 0.6 is 0 Å². The van der Waals surface area contributed by atoms with Gasteiger partial charge in [-0.2, -0.15) is 0 Å². The maximum absolute atomic E-state index is 11.4. The lowest BCUT2D eigenvalue weighted by Crippen LogP contribution is -2.24. The molecule has 0 atom stereocenters. The van der Waals surface area contributed by atoms with Crippen molar-refractivity contribution in [3.63, 3.8) is 0 Å². The van der Waals surface area contributed by atoms with Crippen molar-refractivity contribution in [2.24, 2.45) is 0 Å². The second-order valence-electron chi connectivity index (χ2n) is 4.12. The summed E-state index contributed by atoms with van der Waals surface area (Å²) in [4.78, 5) is 15.3. The summed E-state index contributed by atoms with van der Waals surface area (Å²) in [5, 5.41) is 0. The van der Waals surface area contributed by atoms with Gasteiger partial charge in [-0.15, -0.1) is 0 Å². The van der Waals surface area contributed by atoms with Gasteiger partial charge in [-0.3, -0.25) is 9.78 Å². The number of rotatable bonds is 2. The minimum absolute atomic E-state index is 0.217. The molecular weight excluding hydrogens is 178 g/mol. The van der Waals surface area contributed by atoms with Crippen LogP contribution in [0.15, 0.2) is 24.5 Å². The number of hydrogen-bond acceptors (Lipinski definition) is 3. The molecule has 1 rings (SSSR count). The van der Waals surface area contributed by atoms with Crippen molar-refractivity contribution in [2.45, 2.75) is 32.8 Å². The van der Waals surface area contributed by atoms with Crippen molar-refractivity contribution in [2.75, 3.05) is 0 Å². The number of ether oxygens (including phenoxy) is 1. The Labute approximate surface area is 84.1 Å². The zero-order chi connectivity index (χ0) is 10.6. The first-order chi connectivity index (χ1) is 6.47. The molecule has 0 unspecified atom stereocenters. The molecule has 1 heterocycles. The van der Waals surface area contributed by atoms with Crippen molar-refractivity contribution < 1.29 is 9.53 Å². The van der Waals surface area contributed by atoms with Gasteiger partial charge in [-0.25, -0.2) is 0 Å². The Bertz CT molecular complexity index is 301. The Kier molecular flexibility index (Phi) is 3.23. The lowest BCUT2D eigenvalue weighted by Gasteiger charge is -2.19. The molecule has 0 N–H and O–H groups in total. The smallest absolute Gasteiger partial charge is 0.310 e. The monoisotopic (exact) mass is 193 g/mol. The summed E-state index contributed by atoms with van der Waals surface area (Å²) < 4.78 is 5.17. The highest BCUT2D eigenvalue weighted by atomic mass is 16.6. The molecule has 0 aliphatic carbocycles. The molecule has 0 amide bonds. The Morgan fingerprint density at radius 1 is 1.50 bits per heavy atom.